The molecule has 2 aromatic carbocycles. The zero-order valence-electron chi connectivity index (χ0n) is 21.4. The summed E-state index contributed by atoms with van der Waals surface area (Å²) in [5.74, 6) is 1.16. The van der Waals surface area contributed by atoms with Crippen molar-refractivity contribution in [1.29, 1.82) is 0 Å². The Morgan fingerprint density at radius 3 is 2.46 bits per heavy atom. The molecule has 1 heterocycles. The molecule has 0 aliphatic heterocycles. The Morgan fingerprint density at radius 2 is 1.78 bits per heavy atom. The van der Waals surface area contributed by atoms with Crippen LogP contribution in [-0.4, -0.2) is 39.6 Å². The standard InChI is InChI=1S/C29H34Cl2N4O2/c1-20(2)18-34(29(37)15-12-21-8-6-7-9-21)19-28(36)32-27-17-26(22-10-4-3-5-11-22)33-35(27)23-13-14-24(30)25(31)16-23/h3-5,10-11,13-14,16-17,20-21H,6-9,12,15,18-19H2,1-2H3,(H,32,36). The third kappa shape index (κ3) is 7.36. The van der Waals surface area contributed by atoms with E-state index in [0.717, 1.165) is 12.0 Å². The number of halogens is 2. The van der Waals surface area contributed by atoms with Crippen LogP contribution in [0.4, 0.5) is 5.82 Å². The summed E-state index contributed by atoms with van der Waals surface area (Å²) in [6, 6.07) is 16.8. The van der Waals surface area contributed by atoms with E-state index < -0.39 is 0 Å². The van der Waals surface area contributed by atoms with Crippen molar-refractivity contribution in [2.45, 2.75) is 52.4 Å². The van der Waals surface area contributed by atoms with Gasteiger partial charge in [0.1, 0.15) is 5.82 Å². The lowest BCUT2D eigenvalue weighted by atomic mass is 10.0. The summed E-state index contributed by atoms with van der Waals surface area (Å²) in [5, 5.41) is 8.54. The number of aromatic nitrogens is 2. The second-order valence-electron chi connectivity index (χ2n) is 10.2. The summed E-state index contributed by atoms with van der Waals surface area (Å²) in [6.07, 6.45) is 6.33. The van der Waals surface area contributed by atoms with Crippen molar-refractivity contribution >= 4 is 40.8 Å². The van der Waals surface area contributed by atoms with Gasteiger partial charge in [-0.3, -0.25) is 9.59 Å². The molecule has 0 unspecified atom stereocenters. The third-order valence-electron chi connectivity index (χ3n) is 6.71. The fourth-order valence-electron chi connectivity index (χ4n) is 4.87. The van der Waals surface area contributed by atoms with Crippen LogP contribution in [0.25, 0.3) is 16.9 Å². The normalized spacial score (nSPS) is 13.8. The van der Waals surface area contributed by atoms with Gasteiger partial charge in [-0.2, -0.15) is 5.10 Å². The molecule has 3 aromatic rings. The van der Waals surface area contributed by atoms with Crippen LogP contribution in [0, 0.1) is 11.8 Å². The molecule has 1 aromatic heterocycles. The number of anilines is 1. The van der Waals surface area contributed by atoms with Crippen LogP contribution in [0.1, 0.15) is 52.4 Å². The number of nitrogens with one attached hydrogen (secondary N) is 1. The Kier molecular flexibility index (Phi) is 9.28. The number of carbonyl (C=O) groups is 2. The summed E-state index contributed by atoms with van der Waals surface area (Å²) < 4.78 is 1.64. The van der Waals surface area contributed by atoms with Crippen molar-refractivity contribution in [1.82, 2.24) is 14.7 Å². The molecule has 0 radical (unpaired) electrons. The number of nitrogens with zero attached hydrogens (tertiary/aromatic N) is 3. The zero-order chi connectivity index (χ0) is 26.4. The average molecular weight is 542 g/mol. The minimum atomic E-state index is -0.268. The quantitative estimate of drug-likeness (QED) is 0.294. The molecule has 1 fully saturated rings. The van der Waals surface area contributed by atoms with E-state index in [4.69, 9.17) is 28.3 Å². The summed E-state index contributed by atoms with van der Waals surface area (Å²) in [4.78, 5) is 28.0. The molecule has 2 amide bonds. The average Bonchev–Trinajstić information content (AvgIpc) is 3.54. The van der Waals surface area contributed by atoms with Crippen molar-refractivity contribution in [3.8, 4) is 16.9 Å². The van der Waals surface area contributed by atoms with Crippen LogP contribution < -0.4 is 5.32 Å². The van der Waals surface area contributed by atoms with Gasteiger partial charge in [0.25, 0.3) is 0 Å². The summed E-state index contributed by atoms with van der Waals surface area (Å²) in [6.45, 7) is 4.65. The molecule has 0 atom stereocenters. The largest absolute Gasteiger partial charge is 0.333 e. The van der Waals surface area contributed by atoms with E-state index in [2.05, 4.69) is 19.2 Å². The first-order valence-electron chi connectivity index (χ1n) is 13.0. The van der Waals surface area contributed by atoms with Gasteiger partial charge in [-0.15, -0.1) is 0 Å². The topological polar surface area (TPSA) is 67.2 Å². The van der Waals surface area contributed by atoms with E-state index in [1.165, 1.54) is 25.7 Å². The molecule has 1 saturated carbocycles. The lowest BCUT2D eigenvalue weighted by Gasteiger charge is -2.25. The van der Waals surface area contributed by atoms with E-state index in [0.29, 0.717) is 46.1 Å². The maximum Gasteiger partial charge on any atom is 0.245 e. The predicted octanol–water partition coefficient (Wildman–Crippen LogP) is 7.24. The van der Waals surface area contributed by atoms with Gasteiger partial charge in [-0.05, 0) is 36.5 Å². The maximum absolute atomic E-state index is 13.2. The van der Waals surface area contributed by atoms with E-state index in [1.807, 2.05) is 36.4 Å². The highest BCUT2D eigenvalue weighted by molar-refractivity contribution is 6.42. The molecule has 1 aliphatic rings. The fourth-order valence-corrected chi connectivity index (χ4v) is 5.16. The van der Waals surface area contributed by atoms with Crippen LogP contribution in [0.2, 0.25) is 10.0 Å². The van der Waals surface area contributed by atoms with Crippen molar-refractivity contribution in [3.63, 3.8) is 0 Å². The molecular weight excluding hydrogens is 507 g/mol. The van der Waals surface area contributed by atoms with Gasteiger partial charge < -0.3 is 10.2 Å². The molecule has 1 aliphatic carbocycles. The van der Waals surface area contributed by atoms with Gasteiger partial charge in [0.15, 0.2) is 0 Å². The number of amides is 2. The molecule has 6 nitrogen and oxygen atoms in total. The van der Waals surface area contributed by atoms with E-state index in [-0.39, 0.29) is 24.3 Å². The molecule has 0 spiro atoms. The molecule has 196 valence electrons. The van der Waals surface area contributed by atoms with Crippen LogP contribution in [0.15, 0.2) is 54.6 Å². The SMILES string of the molecule is CC(C)CN(CC(=O)Nc1cc(-c2ccccc2)nn1-c1ccc(Cl)c(Cl)c1)C(=O)CCC1CCCC1. The van der Waals surface area contributed by atoms with Crippen molar-refractivity contribution in [3.05, 3.63) is 64.6 Å². The number of rotatable bonds is 10. The van der Waals surface area contributed by atoms with Gasteiger partial charge in [0.2, 0.25) is 11.8 Å². The second-order valence-corrected chi connectivity index (χ2v) is 11.0. The predicted molar refractivity (Wildman–Crippen MR) is 150 cm³/mol. The molecule has 0 saturated heterocycles. The Labute approximate surface area is 228 Å². The number of benzene rings is 2. The molecule has 0 bridgehead atoms. The van der Waals surface area contributed by atoms with E-state index in [9.17, 15) is 9.59 Å². The Bertz CT molecular complexity index is 1220. The van der Waals surface area contributed by atoms with E-state index >= 15 is 0 Å². The monoisotopic (exact) mass is 540 g/mol. The minimum absolute atomic E-state index is 0.00506. The zero-order valence-corrected chi connectivity index (χ0v) is 22.9. The molecule has 8 heteroatoms. The molecular formula is C29H34Cl2N4O2. The fraction of sp³-hybridized carbons (Fsp3) is 0.414. The summed E-state index contributed by atoms with van der Waals surface area (Å²) >= 11 is 12.4. The van der Waals surface area contributed by atoms with Crippen molar-refractivity contribution in [2.75, 3.05) is 18.4 Å². The third-order valence-corrected chi connectivity index (χ3v) is 7.45. The van der Waals surface area contributed by atoms with Crippen LogP contribution in [0.5, 0.6) is 0 Å². The first-order valence-corrected chi connectivity index (χ1v) is 13.7. The lowest BCUT2D eigenvalue weighted by Crippen LogP contribution is -2.40. The first-order chi connectivity index (χ1) is 17.8. The van der Waals surface area contributed by atoms with E-state index in [1.54, 1.807) is 27.8 Å². The number of hydrogen-bond donors (Lipinski definition) is 1. The van der Waals surface area contributed by atoms with Gasteiger partial charge in [-0.1, -0.05) is 93.1 Å². The highest BCUT2D eigenvalue weighted by Crippen LogP contribution is 2.30. The van der Waals surface area contributed by atoms with Gasteiger partial charge in [0, 0.05) is 24.6 Å². The number of hydrogen-bond acceptors (Lipinski definition) is 3. The van der Waals surface area contributed by atoms with Crippen LogP contribution in [-0.2, 0) is 9.59 Å². The van der Waals surface area contributed by atoms with Gasteiger partial charge in [-0.25, -0.2) is 4.68 Å². The smallest absolute Gasteiger partial charge is 0.245 e. The Morgan fingerprint density at radius 1 is 1.05 bits per heavy atom. The highest BCUT2D eigenvalue weighted by atomic mass is 35.5. The van der Waals surface area contributed by atoms with Gasteiger partial charge >= 0.3 is 0 Å². The van der Waals surface area contributed by atoms with Crippen LogP contribution >= 0.6 is 23.2 Å². The van der Waals surface area contributed by atoms with Gasteiger partial charge in [0.05, 0.1) is 28.0 Å². The first kappa shape index (κ1) is 27.2. The second kappa shape index (κ2) is 12.6. The molecule has 4 rings (SSSR count). The Hall–Kier alpha value is -2.83. The van der Waals surface area contributed by atoms with Crippen LogP contribution in [0.3, 0.4) is 0 Å². The number of carbonyl (C=O) groups excluding carboxylic acids is 2. The van der Waals surface area contributed by atoms with Crippen molar-refractivity contribution < 1.29 is 9.59 Å². The lowest BCUT2D eigenvalue weighted by molar-refractivity contribution is -0.135. The highest BCUT2D eigenvalue weighted by Gasteiger charge is 2.23. The molecule has 37 heavy (non-hydrogen) atoms. The Balaban J connectivity index is 1.53. The maximum atomic E-state index is 13.2. The molecule has 1 N–H and O–H groups in total. The van der Waals surface area contributed by atoms with Crippen molar-refractivity contribution in [2.24, 2.45) is 11.8 Å². The summed E-state index contributed by atoms with van der Waals surface area (Å²) in [5.41, 5.74) is 2.28. The minimum Gasteiger partial charge on any atom is -0.333 e. The summed E-state index contributed by atoms with van der Waals surface area (Å²) in [7, 11) is 0.